The minimum Gasteiger partial charge on any atom is -0.459 e. The molecule has 190 valence electrons. The number of para-hydroxylation sites is 2. The lowest BCUT2D eigenvalue weighted by Gasteiger charge is -2.28. The number of aliphatic hydroxyl groups is 1. The normalized spacial score (nSPS) is 21.6. The van der Waals surface area contributed by atoms with Gasteiger partial charge in [0.15, 0.2) is 6.10 Å². The van der Waals surface area contributed by atoms with E-state index in [2.05, 4.69) is 0 Å². The van der Waals surface area contributed by atoms with Crippen LogP contribution in [0.4, 0.5) is 0 Å². The molecule has 0 bridgehead atoms. The maximum absolute atomic E-state index is 12.7. The van der Waals surface area contributed by atoms with Gasteiger partial charge >= 0.3 is 23.9 Å². The highest BCUT2D eigenvalue weighted by atomic mass is 16.6. The molecule has 2 aromatic rings. The quantitative estimate of drug-likeness (QED) is 0.328. The second-order valence-electron chi connectivity index (χ2n) is 8.54. The number of hydrogen-bond acceptors (Lipinski definition) is 10. The second-order valence-corrected chi connectivity index (χ2v) is 8.54. The van der Waals surface area contributed by atoms with Crippen LogP contribution in [0.15, 0.2) is 48.5 Å². The van der Waals surface area contributed by atoms with E-state index in [1.54, 1.807) is 24.3 Å². The molecule has 0 aromatic heterocycles. The third-order valence-corrected chi connectivity index (χ3v) is 5.74. The molecule has 0 spiro atoms. The van der Waals surface area contributed by atoms with Gasteiger partial charge in [0.2, 0.25) is 0 Å². The summed E-state index contributed by atoms with van der Waals surface area (Å²) in [6.07, 6.45) is -0.839. The summed E-state index contributed by atoms with van der Waals surface area (Å²) in [5.74, 6) is -2.58. The molecule has 36 heavy (non-hydrogen) atoms. The Morgan fingerprint density at radius 3 is 1.69 bits per heavy atom. The van der Waals surface area contributed by atoms with Crippen molar-refractivity contribution in [1.29, 1.82) is 0 Å². The summed E-state index contributed by atoms with van der Waals surface area (Å²) in [5, 5.41) is 9.36. The molecule has 1 N–H and O–H groups in total. The molecule has 1 saturated heterocycles. The molecule has 0 radical (unpaired) electrons. The van der Waals surface area contributed by atoms with Crippen molar-refractivity contribution < 1.29 is 48.0 Å². The van der Waals surface area contributed by atoms with Crippen LogP contribution in [0.5, 0.6) is 11.5 Å². The van der Waals surface area contributed by atoms with Gasteiger partial charge in [-0.2, -0.15) is 0 Å². The van der Waals surface area contributed by atoms with E-state index in [1.165, 1.54) is 31.2 Å². The van der Waals surface area contributed by atoms with E-state index in [9.17, 15) is 24.3 Å². The highest BCUT2D eigenvalue weighted by Gasteiger charge is 2.34. The molecular formula is C26H26O10. The van der Waals surface area contributed by atoms with Crippen LogP contribution in [-0.2, 0) is 23.8 Å². The van der Waals surface area contributed by atoms with Gasteiger partial charge in [0.25, 0.3) is 0 Å². The lowest BCUT2D eigenvalue weighted by molar-refractivity contribution is -0.142. The minimum atomic E-state index is -1.33. The zero-order valence-corrected chi connectivity index (χ0v) is 19.6. The van der Waals surface area contributed by atoms with Crippen LogP contribution in [0, 0.1) is 0 Å². The number of hydrogen-bond donors (Lipinski definition) is 1. The van der Waals surface area contributed by atoms with Crippen molar-refractivity contribution >= 4 is 23.9 Å². The summed E-state index contributed by atoms with van der Waals surface area (Å²) in [6, 6.07) is 12.5. The van der Waals surface area contributed by atoms with Gasteiger partial charge in [0, 0.05) is 0 Å². The van der Waals surface area contributed by atoms with E-state index in [0.29, 0.717) is 32.3 Å². The molecule has 10 nitrogen and oxygen atoms in total. The highest BCUT2D eigenvalue weighted by Crippen LogP contribution is 2.28. The fourth-order valence-corrected chi connectivity index (χ4v) is 3.70. The number of aliphatic hydroxyl groups excluding tert-OH is 1. The Labute approximate surface area is 207 Å². The minimum absolute atomic E-state index is 0.00336. The van der Waals surface area contributed by atoms with Gasteiger partial charge < -0.3 is 28.8 Å². The SMILES string of the molecule is CC(O)C(=O)Oc1ccccc1C(=O)OC1CCC(OC(=O)c2ccccc2OC(=O)C2CO2)CC1. The summed E-state index contributed by atoms with van der Waals surface area (Å²) >= 11 is 0. The Kier molecular flexibility index (Phi) is 7.97. The van der Waals surface area contributed by atoms with Crippen molar-refractivity contribution in [3.8, 4) is 11.5 Å². The van der Waals surface area contributed by atoms with Gasteiger partial charge in [-0.1, -0.05) is 24.3 Å². The Balaban J connectivity index is 1.29. The Morgan fingerprint density at radius 1 is 0.806 bits per heavy atom. The van der Waals surface area contributed by atoms with Crippen LogP contribution in [0.1, 0.15) is 53.3 Å². The standard InChI is InChI=1S/C26H26O10/c1-15(27)23(28)35-20-8-4-2-6-18(20)24(29)33-16-10-12-17(13-11-16)34-25(30)19-7-3-5-9-21(19)36-26(31)22-14-32-22/h2-9,15-17,22,27H,10-14H2,1H3. The Hall–Kier alpha value is -3.76. The van der Waals surface area contributed by atoms with E-state index < -0.39 is 42.2 Å². The van der Waals surface area contributed by atoms with Gasteiger partial charge in [0.05, 0.1) is 6.61 Å². The first-order valence-electron chi connectivity index (χ1n) is 11.6. The number of rotatable bonds is 8. The number of carbonyl (C=O) groups excluding carboxylic acids is 4. The lowest BCUT2D eigenvalue weighted by Crippen LogP contribution is -2.30. The molecule has 2 fully saturated rings. The number of epoxide rings is 1. The lowest BCUT2D eigenvalue weighted by atomic mass is 9.94. The topological polar surface area (TPSA) is 138 Å². The van der Waals surface area contributed by atoms with Gasteiger partial charge in [-0.3, -0.25) is 0 Å². The molecule has 4 rings (SSSR count). The molecule has 2 unspecified atom stereocenters. The molecule has 2 aromatic carbocycles. The van der Waals surface area contributed by atoms with Crippen LogP contribution in [0.25, 0.3) is 0 Å². The average molecular weight is 498 g/mol. The second kappa shape index (κ2) is 11.3. The summed E-state index contributed by atoms with van der Waals surface area (Å²) in [6.45, 7) is 1.57. The average Bonchev–Trinajstić information content (AvgIpc) is 3.71. The fourth-order valence-electron chi connectivity index (χ4n) is 3.70. The van der Waals surface area contributed by atoms with Crippen molar-refractivity contribution in [2.24, 2.45) is 0 Å². The first kappa shape index (κ1) is 25.3. The van der Waals surface area contributed by atoms with Crippen molar-refractivity contribution in [3.63, 3.8) is 0 Å². The predicted molar refractivity (Wildman–Crippen MR) is 122 cm³/mol. The third kappa shape index (κ3) is 6.46. The zero-order chi connectivity index (χ0) is 25.7. The van der Waals surface area contributed by atoms with Crippen LogP contribution >= 0.6 is 0 Å². The summed E-state index contributed by atoms with van der Waals surface area (Å²) < 4.78 is 26.5. The third-order valence-electron chi connectivity index (χ3n) is 5.74. The number of ether oxygens (including phenoxy) is 5. The van der Waals surface area contributed by atoms with Crippen LogP contribution in [0.3, 0.4) is 0 Å². The molecule has 0 amide bonds. The van der Waals surface area contributed by atoms with Crippen molar-refractivity contribution in [2.45, 2.75) is 57.0 Å². The molecule has 2 atom stereocenters. The van der Waals surface area contributed by atoms with Crippen LogP contribution in [-0.4, -0.2) is 60.0 Å². The van der Waals surface area contributed by atoms with Crippen molar-refractivity contribution in [2.75, 3.05) is 6.61 Å². The van der Waals surface area contributed by atoms with E-state index in [1.807, 2.05) is 0 Å². The largest absolute Gasteiger partial charge is 0.459 e. The monoisotopic (exact) mass is 498 g/mol. The van der Waals surface area contributed by atoms with E-state index in [0.717, 1.165) is 0 Å². The van der Waals surface area contributed by atoms with Crippen LogP contribution < -0.4 is 9.47 Å². The highest BCUT2D eigenvalue weighted by molar-refractivity contribution is 5.94. The molecule has 2 aliphatic rings. The molecule has 10 heteroatoms. The van der Waals surface area contributed by atoms with Crippen molar-refractivity contribution in [3.05, 3.63) is 59.7 Å². The molecule has 1 aliphatic carbocycles. The number of carbonyl (C=O) groups is 4. The zero-order valence-electron chi connectivity index (χ0n) is 19.6. The smallest absolute Gasteiger partial charge is 0.343 e. The molecule has 1 heterocycles. The van der Waals surface area contributed by atoms with Gasteiger partial charge in [-0.15, -0.1) is 0 Å². The molecular weight excluding hydrogens is 472 g/mol. The van der Waals surface area contributed by atoms with Gasteiger partial charge in [0.1, 0.15) is 40.9 Å². The summed E-state index contributed by atoms with van der Waals surface area (Å²) in [7, 11) is 0. The Bertz CT molecular complexity index is 1050. The van der Waals surface area contributed by atoms with Crippen LogP contribution in [0.2, 0.25) is 0 Å². The first-order valence-corrected chi connectivity index (χ1v) is 11.6. The van der Waals surface area contributed by atoms with Gasteiger partial charge in [-0.25, -0.2) is 19.2 Å². The van der Waals surface area contributed by atoms with E-state index in [-0.39, 0.29) is 28.7 Å². The fraction of sp³-hybridized carbons (Fsp3) is 0.385. The number of benzene rings is 2. The molecule has 1 aliphatic heterocycles. The predicted octanol–water partition coefficient (Wildman–Crippen LogP) is 2.60. The summed E-state index contributed by atoms with van der Waals surface area (Å²) in [5.41, 5.74) is 0.214. The maximum atomic E-state index is 12.7. The van der Waals surface area contributed by atoms with Gasteiger partial charge in [-0.05, 0) is 56.9 Å². The summed E-state index contributed by atoms with van der Waals surface area (Å²) in [4.78, 5) is 49.0. The van der Waals surface area contributed by atoms with E-state index >= 15 is 0 Å². The number of esters is 4. The van der Waals surface area contributed by atoms with E-state index in [4.69, 9.17) is 23.7 Å². The maximum Gasteiger partial charge on any atom is 0.343 e. The Morgan fingerprint density at radius 2 is 1.25 bits per heavy atom. The van der Waals surface area contributed by atoms with Crippen molar-refractivity contribution in [1.82, 2.24) is 0 Å². The first-order chi connectivity index (χ1) is 17.3. The molecule has 1 saturated carbocycles.